The number of carboxylic acids is 1. The minimum atomic E-state index is -0.775. The summed E-state index contributed by atoms with van der Waals surface area (Å²) >= 11 is 0. The molecular formula is C11H20N2O3. The Bertz CT molecular complexity index is 266. The van der Waals surface area contributed by atoms with Crippen LogP contribution in [-0.4, -0.2) is 55.7 Å². The van der Waals surface area contributed by atoms with Crippen LogP contribution in [0, 0.1) is 5.92 Å². The van der Waals surface area contributed by atoms with E-state index in [9.17, 15) is 4.79 Å². The maximum absolute atomic E-state index is 10.8. The smallest absolute Gasteiger partial charge is 0.304 e. The minimum Gasteiger partial charge on any atom is -0.481 e. The Morgan fingerprint density at radius 2 is 2.44 bits per heavy atom. The molecular weight excluding hydrogens is 208 g/mol. The second-order valence-electron chi connectivity index (χ2n) is 4.09. The van der Waals surface area contributed by atoms with Gasteiger partial charge in [-0.05, 0) is 12.8 Å². The lowest BCUT2D eigenvalue weighted by atomic mass is 9.98. The second kappa shape index (κ2) is 6.48. The number of carbonyl (C=O) groups is 1. The van der Waals surface area contributed by atoms with E-state index in [1.807, 2.05) is 7.05 Å². The Morgan fingerprint density at radius 1 is 1.69 bits per heavy atom. The van der Waals surface area contributed by atoms with E-state index in [-0.39, 0.29) is 12.3 Å². The number of methoxy groups -OCH3 is 1. The van der Waals surface area contributed by atoms with Gasteiger partial charge in [0, 0.05) is 39.8 Å². The molecule has 1 rings (SSSR count). The first-order valence-electron chi connectivity index (χ1n) is 5.61. The summed E-state index contributed by atoms with van der Waals surface area (Å²) in [5, 5.41) is 8.89. The van der Waals surface area contributed by atoms with E-state index >= 15 is 0 Å². The average Bonchev–Trinajstić information content (AvgIpc) is 2.24. The summed E-state index contributed by atoms with van der Waals surface area (Å²) in [4.78, 5) is 17.3. The Hall–Kier alpha value is -1.10. The molecule has 5 heteroatoms. The minimum absolute atomic E-state index is 0.0252. The quantitative estimate of drug-likeness (QED) is 0.732. The first-order chi connectivity index (χ1) is 7.65. The largest absolute Gasteiger partial charge is 0.481 e. The van der Waals surface area contributed by atoms with Gasteiger partial charge in [0.1, 0.15) is 5.84 Å². The Morgan fingerprint density at radius 3 is 3.00 bits per heavy atom. The predicted octanol–water partition coefficient (Wildman–Crippen LogP) is 0.848. The molecule has 1 aliphatic rings. The lowest BCUT2D eigenvalue weighted by Gasteiger charge is -2.30. The zero-order chi connectivity index (χ0) is 12.0. The van der Waals surface area contributed by atoms with E-state index in [1.54, 1.807) is 7.11 Å². The maximum Gasteiger partial charge on any atom is 0.304 e. The van der Waals surface area contributed by atoms with Gasteiger partial charge < -0.3 is 14.7 Å². The third-order valence-corrected chi connectivity index (χ3v) is 2.77. The average molecular weight is 228 g/mol. The van der Waals surface area contributed by atoms with Gasteiger partial charge in [-0.15, -0.1) is 0 Å². The Labute approximate surface area is 96.1 Å². The molecule has 92 valence electrons. The third kappa shape index (κ3) is 3.81. The van der Waals surface area contributed by atoms with Crippen molar-refractivity contribution in [3.8, 4) is 0 Å². The van der Waals surface area contributed by atoms with Crippen LogP contribution >= 0.6 is 0 Å². The molecule has 0 aromatic heterocycles. The molecule has 0 radical (unpaired) electrons. The van der Waals surface area contributed by atoms with E-state index in [0.717, 1.165) is 25.3 Å². The van der Waals surface area contributed by atoms with Gasteiger partial charge in [-0.2, -0.15) is 0 Å². The van der Waals surface area contributed by atoms with E-state index in [1.165, 1.54) is 0 Å². The summed E-state index contributed by atoms with van der Waals surface area (Å²) in [5.41, 5.74) is 0. The number of hydrogen-bond acceptors (Lipinski definition) is 4. The van der Waals surface area contributed by atoms with Gasteiger partial charge in [0.2, 0.25) is 0 Å². The Kier molecular flexibility index (Phi) is 5.25. The number of aliphatic imine (C=N–C) groups is 1. The van der Waals surface area contributed by atoms with Crippen LogP contribution in [0.2, 0.25) is 0 Å². The molecule has 5 nitrogen and oxygen atoms in total. The molecule has 1 aliphatic heterocycles. The molecule has 0 fully saturated rings. The summed E-state index contributed by atoms with van der Waals surface area (Å²) in [7, 11) is 3.60. The summed E-state index contributed by atoms with van der Waals surface area (Å²) < 4.78 is 5.01. The number of rotatable bonds is 6. The monoisotopic (exact) mass is 228 g/mol. The van der Waals surface area contributed by atoms with Crippen molar-refractivity contribution in [2.24, 2.45) is 10.9 Å². The molecule has 0 aliphatic carbocycles. The van der Waals surface area contributed by atoms with Gasteiger partial charge in [-0.1, -0.05) is 0 Å². The highest BCUT2D eigenvalue weighted by atomic mass is 16.5. The number of nitrogens with zero attached hydrogens (tertiary/aromatic N) is 2. The molecule has 1 atom stereocenters. The molecule has 0 saturated carbocycles. The number of hydrogen-bond donors (Lipinski definition) is 1. The van der Waals surface area contributed by atoms with Crippen molar-refractivity contribution in [2.75, 3.05) is 33.9 Å². The highest BCUT2D eigenvalue weighted by molar-refractivity contribution is 5.88. The molecule has 16 heavy (non-hydrogen) atoms. The fourth-order valence-corrected chi connectivity index (χ4v) is 1.97. The SMILES string of the molecule is COCCC(CC(=O)O)C1=NCCCN1C. The van der Waals surface area contributed by atoms with Crippen LogP contribution in [0.3, 0.4) is 0 Å². The third-order valence-electron chi connectivity index (χ3n) is 2.77. The number of amidine groups is 1. The van der Waals surface area contributed by atoms with Crippen LogP contribution in [-0.2, 0) is 9.53 Å². The van der Waals surface area contributed by atoms with Crippen molar-refractivity contribution in [1.82, 2.24) is 4.90 Å². The molecule has 0 amide bonds. The van der Waals surface area contributed by atoms with Crippen molar-refractivity contribution in [1.29, 1.82) is 0 Å². The van der Waals surface area contributed by atoms with Crippen LogP contribution < -0.4 is 0 Å². The first kappa shape index (κ1) is 13.0. The molecule has 1 heterocycles. The standard InChI is InChI=1S/C11H20N2O3/c1-13-6-3-5-12-11(13)9(4-7-16-2)8-10(14)15/h9H,3-8H2,1-2H3,(H,14,15). The number of ether oxygens (including phenoxy) is 1. The van der Waals surface area contributed by atoms with Gasteiger partial charge in [0.05, 0.1) is 6.42 Å². The second-order valence-corrected chi connectivity index (χ2v) is 4.09. The zero-order valence-electron chi connectivity index (χ0n) is 9.98. The number of aliphatic carboxylic acids is 1. The first-order valence-corrected chi connectivity index (χ1v) is 5.61. The van der Waals surface area contributed by atoms with Crippen molar-refractivity contribution in [3.63, 3.8) is 0 Å². The summed E-state index contributed by atoms with van der Waals surface area (Å²) in [5.74, 6) is 0.122. The fourth-order valence-electron chi connectivity index (χ4n) is 1.97. The van der Waals surface area contributed by atoms with E-state index in [2.05, 4.69) is 9.89 Å². The molecule has 0 aromatic rings. The van der Waals surface area contributed by atoms with Gasteiger partial charge in [-0.25, -0.2) is 0 Å². The van der Waals surface area contributed by atoms with Crippen LogP contribution in [0.25, 0.3) is 0 Å². The van der Waals surface area contributed by atoms with E-state index in [0.29, 0.717) is 13.0 Å². The normalized spacial score (nSPS) is 18.1. The van der Waals surface area contributed by atoms with Gasteiger partial charge >= 0.3 is 5.97 Å². The summed E-state index contributed by atoms with van der Waals surface area (Å²) in [6.07, 6.45) is 1.89. The van der Waals surface area contributed by atoms with Gasteiger partial charge in [0.25, 0.3) is 0 Å². The van der Waals surface area contributed by atoms with Crippen LogP contribution in [0.15, 0.2) is 4.99 Å². The van der Waals surface area contributed by atoms with Gasteiger partial charge in [0.15, 0.2) is 0 Å². The number of carboxylic acid groups (broad SMARTS) is 1. The van der Waals surface area contributed by atoms with Crippen molar-refractivity contribution in [2.45, 2.75) is 19.3 Å². The van der Waals surface area contributed by atoms with Crippen molar-refractivity contribution < 1.29 is 14.6 Å². The Balaban J connectivity index is 2.65. The summed E-state index contributed by atoms with van der Waals surface area (Å²) in [6.45, 7) is 2.34. The lowest BCUT2D eigenvalue weighted by molar-refractivity contribution is -0.137. The van der Waals surface area contributed by atoms with Crippen LogP contribution in [0.1, 0.15) is 19.3 Å². The molecule has 1 N–H and O–H groups in total. The molecule has 1 unspecified atom stereocenters. The van der Waals surface area contributed by atoms with Crippen LogP contribution in [0.5, 0.6) is 0 Å². The topological polar surface area (TPSA) is 62.1 Å². The maximum atomic E-state index is 10.8. The molecule has 0 saturated heterocycles. The van der Waals surface area contributed by atoms with Gasteiger partial charge in [-0.3, -0.25) is 9.79 Å². The summed E-state index contributed by atoms with van der Waals surface area (Å²) in [6, 6.07) is 0. The molecule has 0 spiro atoms. The molecule has 0 aromatic carbocycles. The van der Waals surface area contributed by atoms with Crippen molar-refractivity contribution in [3.05, 3.63) is 0 Å². The fraction of sp³-hybridized carbons (Fsp3) is 0.818. The highest BCUT2D eigenvalue weighted by Gasteiger charge is 2.23. The predicted molar refractivity (Wildman–Crippen MR) is 61.8 cm³/mol. The highest BCUT2D eigenvalue weighted by Crippen LogP contribution is 2.16. The lowest BCUT2D eigenvalue weighted by Crippen LogP contribution is -2.38. The molecule has 0 bridgehead atoms. The van der Waals surface area contributed by atoms with Crippen molar-refractivity contribution >= 4 is 11.8 Å². The zero-order valence-corrected chi connectivity index (χ0v) is 9.98. The van der Waals surface area contributed by atoms with Crippen LogP contribution in [0.4, 0.5) is 0 Å². The van der Waals surface area contributed by atoms with E-state index in [4.69, 9.17) is 9.84 Å². The van der Waals surface area contributed by atoms with E-state index < -0.39 is 5.97 Å².